The summed E-state index contributed by atoms with van der Waals surface area (Å²) in [6.45, 7) is 8.84. The largest absolute Gasteiger partial charge is 0.454 e. The van der Waals surface area contributed by atoms with Gasteiger partial charge in [-0.1, -0.05) is 39.2 Å². The van der Waals surface area contributed by atoms with Crippen LogP contribution in [-0.2, 0) is 0 Å². The van der Waals surface area contributed by atoms with Crippen LogP contribution in [0.3, 0.4) is 0 Å². The average Bonchev–Trinajstić information content (AvgIpc) is 2.98. The number of hydrogen-bond acceptors (Lipinski definition) is 3. The summed E-state index contributed by atoms with van der Waals surface area (Å²) < 4.78 is 10.9. The molecule has 0 spiro atoms. The van der Waals surface area contributed by atoms with E-state index >= 15 is 0 Å². The molecule has 0 radical (unpaired) electrons. The molecule has 114 valence electrons. The Kier molecular flexibility index (Phi) is 5.95. The number of rotatable bonds is 6. The van der Waals surface area contributed by atoms with Gasteiger partial charge in [0.15, 0.2) is 11.5 Å². The smallest absolute Gasteiger partial charge is 0.231 e. The van der Waals surface area contributed by atoms with Crippen LogP contribution in [0.1, 0.15) is 51.6 Å². The first-order valence-corrected chi connectivity index (χ1v) is 7.92. The van der Waals surface area contributed by atoms with E-state index in [4.69, 9.17) is 9.47 Å². The summed E-state index contributed by atoms with van der Waals surface area (Å²) in [6.07, 6.45) is 3.33. The van der Waals surface area contributed by atoms with Crippen molar-refractivity contribution in [2.24, 2.45) is 0 Å². The van der Waals surface area contributed by atoms with E-state index in [0.717, 1.165) is 31.0 Å². The van der Waals surface area contributed by atoms with Crippen molar-refractivity contribution in [3.05, 3.63) is 23.8 Å². The van der Waals surface area contributed by atoms with Gasteiger partial charge in [0.25, 0.3) is 0 Å². The molecule has 0 amide bonds. The Bertz CT molecular complexity index is 512. The van der Waals surface area contributed by atoms with Crippen molar-refractivity contribution < 1.29 is 9.47 Å². The quantitative estimate of drug-likeness (QED) is 0.583. The SMILES string of the molecule is CCCCC#CC(c1ccc2c(c1)OCO2)N(CC)CC. The highest BCUT2D eigenvalue weighted by Gasteiger charge is 2.20. The Labute approximate surface area is 128 Å². The van der Waals surface area contributed by atoms with Gasteiger partial charge in [-0.25, -0.2) is 0 Å². The Balaban J connectivity index is 2.22. The van der Waals surface area contributed by atoms with Crippen molar-refractivity contribution in [2.75, 3.05) is 19.9 Å². The molecule has 1 aromatic rings. The normalized spacial score (nSPS) is 13.9. The van der Waals surface area contributed by atoms with Crippen molar-refractivity contribution in [1.82, 2.24) is 4.90 Å². The number of benzene rings is 1. The van der Waals surface area contributed by atoms with Gasteiger partial charge in [0.2, 0.25) is 6.79 Å². The van der Waals surface area contributed by atoms with Gasteiger partial charge >= 0.3 is 0 Å². The van der Waals surface area contributed by atoms with E-state index in [1.165, 1.54) is 18.4 Å². The van der Waals surface area contributed by atoms with Crippen LogP contribution in [0.25, 0.3) is 0 Å². The number of unbranched alkanes of at least 4 members (excludes halogenated alkanes) is 2. The molecule has 2 rings (SSSR count). The first-order chi connectivity index (χ1) is 10.3. The summed E-state index contributed by atoms with van der Waals surface area (Å²) in [4.78, 5) is 2.37. The molecule has 1 atom stereocenters. The molecule has 1 aliphatic heterocycles. The molecule has 1 heterocycles. The van der Waals surface area contributed by atoms with E-state index < -0.39 is 0 Å². The summed E-state index contributed by atoms with van der Waals surface area (Å²) >= 11 is 0. The fourth-order valence-corrected chi connectivity index (χ4v) is 2.49. The molecular formula is C18H25NO2. The third-order valence-corrected chi connectivity index (χ3v) is 3.78. The van der Waals surface area contributed by atoms with Gasteiger partial charge < -0.3 is 9.47 Å². The molecular weight excluding hydrogens is 262 g/mol. The molecule has 1 unspecified atom stereocenters. The van der Waals surface area contributed by atoms with Crippen LogP contribution in [0.2, 0.25) is 0 Å². The number of hydrogen-bond donors (Lipinski definition) is 0. The fourth-order valence-electron chi connectivity index (χ4n) is 2.49. The van der Waals surface area contributed by atoms with Crippen LogP contribution >= 0.6 is 0 Å². The lowest BCUT2D eigenvalue weighted by Gasteiger charge is -2.26. The second-order valence-corrected chi connectivity index (χ2v) is 5.16. The molecule has 0 N–H and O–H groups in total. The molecule has 0 aromatic heterocycles. The number of fused-ring (bicyclic) bond motifs is 1. The zero-order chi connectivity index (χ0) is 15.1. The molecule has 3 nitrogen and oxygen atoms in total. The minimum Gasteiger partial charge on any atom is -0.454 e. The average molecular weight is 287 g/mol. The van der Waals surface area contributed by atoms with Gasteiger partial charge in [-0.05, 0) is 37.2 Å². The molecule has 1 aromatic carbocycles. The Morgan fingerprint density at radius 1 is 1.14 bits per heavy atom. The van der Waals surface area contributed by atoms with Crippen molar-refractivity contribution in [1.29, 1.82) is 0 Å². The van der Waals surface area contributed by atoms with Crippen molar-refractivity contribution >= 4 is 0 Å². The highest BCUT2D eigenvalue weighted by atomic mass is 16.7. The first kappa shape index (κ1) is 15.7. The second kappa shape index (κ2) is 7.95. The lowest BCUT2D eigenvalue weighted by molar-refractivity contribution is 0.174. The zero-order valence-corrected chi connectivity index (χ0v) is 13.3. The highest BCUT2D eigenvalue weighted by Crippen LogP contribution is 2.35. The first-order valence-electron chi connectivity index (χ1n) is 7.92. The van der Waals surface area contributed by atoms with Crippen LogP contribution in [0.15, 0.2) is 18.2 Å². The van der Waals surface area contributed by atoms with Gasteiger partial charge in [0.05, 0.1) is 6.04 Å². The van der Waals surface area contributed by atoms with Gasteiger partial charge in [0, 0.05) is 6.42 Å². The molecule has 0 bridgehead atoms. The predicted molar refractivity (Wildman–Crippen MR) is 85.5 cm³/mol. The number of nitrogens with zero attached hydrogens (tertiary/aromatic N) is 1. The van der Waals surface area contributed by atoms with Crippen molar-refractivity contribution in [3.63, 3.8) is 0 Å². The monoisotopic (exact) mass is 287 g/mol. The van der Waals surface area contributed by atoms with Crippen LogP contribution < -0.4 is 9.47 Å². The van der Waals surface area contributed by atoms with Gasteiger partial charge in [-0.15, -0.1) is 5.92 Å². The summed E-state index contributed by atoms with van der Waals surface area (Å²) in [6, 6.07) is 6.29. The third kappa shape index (κ3) is 3.92. The molecule has 3 heteroatoms. The summed E-state index contributed by atoms with van der Waals surface area (Å²) in [5.74, 6) is 8.44. The molecule has 0 saturated heterocycles. The van der Waals surface area contributed by atoms with E-state index in [2.05, 4.69) is 49.6 Å². The van der Waals surface area contributed by atoms with E-state index in [1.807, 2.05) is 6.07 Å². The van der Waals surface area contributed by atoms with Gasteiger partial charge in [-0.2, -0.15) is 0 Å². The zero-order valence-electron chi connectivity index (χ0n) is 13.3. The van der Waals surface area contributed by atoms with E-state index in [-0.39, 0.29) is 6.04 Å². The van der Waals surface area contributed by atoms with E-state index in [0.29, 0.717) is 6.79 Å². The number of ether oxygens (including phenoxy) is 2. The Hall–Kier alpha value is -1.66. The van der Waals surface area contributed by atoms with Crippen molar-refractivity contribution in [2.45, 2.75) is 46.1 Å². The van der Waals surface area contributed by atoms with Crippen LogP contribution in [0, 0.1) is 11.8 Å². The minimum atomic E-state index is 0.131. The topological polar surface area (TPSA) is 21.7 Å². The van der Waals surface area contributed by atoms with Crippen molar-refractivity contribution in [3.8, 4) is 23.3 Å². The Morgan fingerprint density at radius 2 is 1.90 bits per heavy atom. The lowest BCUT2D eigenvalue weighted by Crippen LogP contribution is -2.27. The van der Waals surface area contributed by atoms with E-state index in [9.17, 15) is 0 Å². The Morgan fingerprint density at radius 3 is 2.62 bits per heavy atom. The van der Waals surface area contributed by atoms with Crippen LogP contribution in [0.4, 0.5) is 0 Å². The maximum atomic E-state index is 5.49. The maximum absolute atomic E-state index is 5.49. The summed E-state index contributed by atoms with van der Waals surface area (Å²) in [5, 5.41) is 0. The standard InChI is InChI=1S/C18H25NO2/c1-4-7-8-9-10-16(19(5-2)6-3)15-11-12-17-18(13-15)21-14-20-17/h11-13,16H,4-8,14H2,1-3H3. The highest BCUT2D eigenvalue weighted by molar-refractivity contribution is 5.46. The third-order valence-electron chi connectivity index (χ3n) is 3.78. The fraction of sp³-hybridized carbons (Fsp3) is 0.556. The molecule has 21 heavy (non-hydrogen) atoms. The maximum Gasteiger partial charge on any atom is 0.231 e. The summed E-state index contributed by atoms with van der Waals surface area (Å²) in [7, 11) is 0. The van der Waals surface area contributed by atoms with Gasteiger partial charge in [-0.3, -0.25) is 4.90 Å². The molecule has 0 aliphatic carbocycles. The summed E-state index contributed by atoms with van der Waals surface area (Å²) in [5.41, 5.74) is 1.19. The molecule has 0 fully saturated rings. The molecule has 1 aliphatic rings. The lowest BCUT2D eigenvalue weighted by atomic mass is 10.0. The van der Waals surface area contributed by atoms with E-state index in [1.54, 1.807) is 0 Å². The van der Waals surface area contributed by atoms with Crippen LogP contribution in [-0.4, -0.2) is 24.8 Å². The van der Waals surface area contributed by atoms with Gasteiger partial charge in [0.1, 0.15) is 0 Å². The van der Waals surface area contributed by atoms with Crippen LogP contribution in [0.5, 0.6) is 11.5 Å². The minimum absolute atomic E-state index is 0.131. The second-order valence-electron chi connectivity index (χ2n) is 5.16. The molecule has 0 saturated carbocycles. The predicted octanol–water partition coefficient (Wildman–Crippen LogP) is 3.99.